The van der Waals surface area contributed by atoms with Crippen LogP contribution in [0.15, 0.2) is 54.6 Å². The van der Waals surface area contributed by atoms with Gasteiger partial charge in [-0.05, 0) is 35.4 Å². The average Bonchev–Trinajstić information content (AvgIpc) is 3.25. The van der Waals surface area contributed by atoms with Gasteiger partial charge in [-0.1, -0.05) is 30.3 Å². The van der Waals surface area contributed by atoms with Crippen LogP contribution >= 0.6 is 0 Å². The van der Waals surface area contributed by atoms with Gasteiger partial charge in [0.1, 0.15) is 12.3 Å². The molecule has 6 heteroatoms. The van der Waals surface area contributed by atoms with Crippen LogP contribution in [0.3, 0.4) is 0 Å². The summed E-state index contributed by atoms with van der Waals surface area (Å²) >= 11 is 0. The van der Waals surface area contributed by atoms with Crippen LogP contribution in [0.2, 0.25) is 0 Å². The highest BCUT2D eigenvalue weighted by Crippen LogP contribution is 2.25. The molecule has 156 valence electrons. The Morgan fingerprint density at radius 3 is 2.70 bits per heavy atom. The molecular weight excluding hydrogens is 378 g/mol. The van der Waals surface area contributed by atoms with Gasteiger partial charge in [0.2, 0.25) is 11.8 Å². The van der Waals surface area contributed by atoms with Crippen LogP contribution in [0.4, 0.5) is 0 Å². The molecule has 30 heavy (non-hydrogen) atoms. The smallest absolute Gasteiger partial charge is 0.244 e. The Hall–Kier alpha value is -3.12. The summed E-state index contributed by atoms with van der Waals surface area (Å²) in [6, 6.07) is 16.1. The molecule has 2 aliphatic rings. The molecule has 2 N–H and O–H groups in total. The number of carbonyl (C=O) groups is 2. The maximum atomic E-state index is 12.4. The summed E-state index contributed by atoms with van der Waals surface area (Å²) in [5.41, 5.74) is 3.58. The quantitative estimate of drug-likeness (QED) is 0.694. The normalized spacial score (nSPS) is 16.3. The fourth-order valence-electron chi connectivity index (χ4n) is 3.96. The number of benzene rings is 2. The summed E-state index contributed by atoms with van der Waals surface area (Å²) in [5.74, 6) is 0.743. The zero-order chi connectivity index (χ0) is 20.8. The number of fused-ring (bicyclic) bond motifs is 1. The summed E-state index contributed by atoms with van der Waals surface area (Å²) in [7, 11) is 0. The van der Waals surface area contributed by atoms with E-state index in [9.17, 15) is 9.59 Å². The first-order chi connectivity index (χ1) is 14.7. The number of hydrogen-bond donors (Lipinski definition) is 2. The monoisotopic (exact) mass is 406 g/mol. The molecule has 0 radical (unpaired) electrons. The first-order valence-electron chi connectivity index (χ1n) is 10.5. The first-order valence-corrected chi connectivity index (χ1v) is 10.5. The van der Waals surface area contributed by atoms with E-state index in [1.54, 1.807) is 6.08 Å². The number of piperazine rings is 1. The van der Waals surface area contributed by atoms with Crippen LogP contribution in [0, 0.1) is 0 Å². The molecule has 1 fully saturated rings. The molecule has 0 aliphatic carbocycles. The Labute approximate surface area is 177 Å². The van der Waals surface area contributed by atoms with Gasteiger partial charge in [0.25, 0.3) is 0 Å². The van der Waals surface area contributed by atoms with Crippen molar-refractivity contribution in [3.05, 3.63) is 71.3 Å². The Bertz CT molecular complexity index is 919. The van der Waals surface area contributed by atoms with E-state index in [0.29, 0.717) is 0 Å². The topological polar surface area (TPSA) is 63.1 Å². The van der Waals surface area contributed by atoms with Gasteiger partial charge in [0.05, 0.1) is 39.3 Å². The third-order valence-electron chi connectivity index (χ3n) is 5.67. The predicted molar refractivity (Wildman–Crippen MR) is 115 cm³/mol. The summed E-state index contributed by atoms with van der Waals surface area (Å²) < 4.78 is 5.58. The summed E-state index contributed by atoms with van der Waals surface area (Å²) in [4.78, 5) is 27.7. The molecule has 1 saturated heterocycles. The standard InChI is InChI=1S/C24H27N3O3/c28-23(9-7-19-4-2-1-3-5-19)25-17-24(29)27-13-11-26(12-14-27)18-20-6-8-22-21(16-20)10-15-30-22/h1-9,16H,10-15,17-18H2,(H,25,28)/p+1/b9-7+. The molecule has 2 aromatic rings. The largest absolute Gasteiger partial charge is 0.493 e. The van der Waals surface area contributed by atoms with Gasteiger partial charge in [0, 0.05) is 18.1 Å². The van der Waals surface area contributed by atoms with Gasteiger partial charge in [-0.25, -0.2) is 0 Å². The van der Waals surface area contributed by atoms with E-state index in [2.05, 4.69) is 23.5 Å². The lowest BCUT2D eigenvalue weighted by Crippen LogP contribution is -3.13. The summed E-state index contributed by atoms with van der Waals surface area (Å²) in [6.45, 7) is 5.07. The Balaban J connectivity index is 1.19. The molecule has 0 bridgehead atoms. The first kappa shape index (κ1) is 20.2. The van der Waals surface area contributed by atoms with E-state index >= 15 is 0 Å². The van der Waals surface area contributed by atoms with Gasteiger partial charge in [-0.3, -0.25) is 9.59 Å². The molecule has 0 aromatic heterocycles. The lowest BCUT2D eigenvalue weighted by Gasteiger charge is -2.32. The minimum Gasteiger partial charge on any atom is -0.493 e. The fraction of sp³-hybridized carbons (Fsp3) is 0.333. The molecular formula is C24H28N3O3+. The highest BCUT2D eigenvalue weighted by molar-refractivity contribution is 5.94. The minimum absolute atomic E-state index is 0.0230. The van der Waals surface area contributed by atoms with Crippen molar-refractivity contribution in [3.8, 4) is 5.75 Å². The van der Waals surface area contributed by atoms with Gasteiger partial charge in [-0.2, -0.15) is 0 Å². The van der Waals surface area contributed by atoms with Crippen molar-refractivity contribution < 1.29 is 19.2 Å². The molecule has 6 nitrogen and oxygen atoms in total. The second kappa shape index (κ2) is 9.59. The molecule has 2 heterocycles. The van der Waals surface area contributed by atoms with Gasteiger partial charge in [-0.15, -0.1) is 0 Å². The van der Waals surface area contributed by atoms with Crippen LogP contribution in [-0.4, -0.2) is 56.0 Å². The minimum atomic E-state index is -0.253. The van der Waals surface area contributed by atoms with E-state index in [1.807, 2.05) is 35.2 Å². The maximum Gasteiger partial charge on any atom is 0.244 e. The molecule has 0 unspecified atom stereocenters. The van der Waals surface area contributed by atoms with Gasteiger partial charge < -0.3 is 19.9 Å². The molecule has 0 spiro atoms. The van der Waals surface area contributed by atoms with E-state index in [1.165, 1.54) is 22.1 Å². The van der Waals surface area contributed by atoms with Crippen molar-refractivity contribution in [1.82, 2.24) is 10.2 Å². The Kier molecular flexibility index (Phi) is 6.44. The van der Waals surface area contributed by atoms with E-state index < -0.39 is 0 Å². The zero-order valence-electron chi connectivity index (χ0n) is 17.1. The van der Waals surface area contributed by atoms with Crippen molar-refractivity contribution in [2.75, 3.05) is 39.3 Å². The van der Waals surface area contributed by atoms with Gasteiger partial charge in [0.15, 0.2) is 0 Å². The fourth-order valence-corrected chi connectivity index (χ4v) is 3.96. The van der Waals surface area contributed by atoms with Crippen LogP contribution in [0.25, 0.3) is 6.08 Å². The predicted octanol–water partition coefficient (Wildman–Crippen LogP) is 0.678. The lowest BCUT2D eigenvalue weighted by molar-refractivity contribution is -0.917. The summed E-state index contributed by atoms with van der Waals surface area (Å²) in [6.07, 6.45) is 4.20. The summed E-state index contributed by atoms with van der Waals surface area (Å²) in [5, 5.41) is 2.69. The number of rotatable bonds is 6. The SMILES string of the molecule is O=C(/C=C/c1ccccc1)NCC(=O)N1CC[NH+](Cc2ccc3c(c2)CCO3)CC1. The molecule has 2 aromatic carbocycles. The maximum absolute atomic E-state index is 12.4. The van der Waals surface area contributed by atoms with Crippen molar-refractivity contribution >= 4 is 17.9 Å². The molecule has 2 aliphatic heterocycles. The number of nitrogens with one attached hydrogen (secondary N) is 2. The van der Waals surface area contributed by atoms with E-state index in [-0.39, 0.29) is 18.4 Å². The van der Waals surface area contributed by atoms with Crippen molar-refractivity contribution in [2.24, 2.45) is 0 Å². The van der Waals surface area contributed by atoms with Crippen molar-refractivity contribution in [2.45, 2.75) is 13.0 Å². The third kappa shape index (κ3) is 5.27. The van der Waals surface area contributed by atoms with E-state index in [4.69, 9.17) is 4.74 Å². The van der Waals surface area contributed by atoms with Crippen LogP contribution in [0.1, 0.15) is 16.7 Å². The number of quaternary nitrogens is 1. The number of nitrogens with zero attached hydrogens (tertiary/aromatic N) is 1. The van der Waals surface area contributed by atoms with Crippen LogP contribution in [0.5, 0.6) is 5.75 Å². The molecule has 0 saturated carbocycles. The third-order valence-corrected chi connectivity index (χ3v) is 5.67. The highest BCUT2D eigenvalue weighted by Gasteiger charge is 2.24. The highest BCUT2D eigenvalue weighted by atomic mass is 16.5. The second-order valence-electron chi connectivity index (χ2n) is 7.81. The number of amides is 2. The second-order valence-corrected chi connectivity index (χ2v) is 7.81. The lowest BCUT2D eigenvalue weighted by atomic mass is 10.1. The van der Waals surface area contributed by atoms with Gasteiger partial charge >= 0.3 is 0 Å². The average molecular weight is 407 g/mol. The van der Waals surface area contributed by atoms with Crippen LogP contribution < -0.4 is 15.0 Å². The molecule has 0 atom stereocenters. The zero-order valence-corrected chi connectivity index (χ0v) is 17.1. The van der Waals surface area contributed by atoms with Crippen molar-refractivity contribution in [3.63, 3.8) is 0 Å². The van der Waals surface area contributed by atoms with Crippen molar-refractivity contribution in [1.29, 1.82) is 0 Å². The number of ether oxygens (including phenoxy) is 1. The molecule has 2 amide bonds. The van der Waals surface area contributed by atoms with E-state index in [0.717, 1.165) is 57.1 Å². The number of carbonyl (C=O) groups excluding carboxylic acids is 2. The Morgan fingerprint density at radius 1 is 1.10 bits per heavy atom. The number of hydrogen-bond acceptors (Lipinski definition) is 3. The van der Waals surface area contributed by atoms with Crippen LogP contribution in [-0.2, 0) is 22.6 Å². The molecule has 4 rings (SSSR count). The Morgan fingerprint density at radius 2 is 1.90 bits per heavy atom.